The molecule has 3 aromatic heterocycles. The quantitative estimate of drug-likeness (QED) is 0.469. The zero-order valence-electron chi connectivity index (χ0n) is 13.1. The van der Waals surface area contributed by atoms with Gasteiger partial charge in [-0.15, -0.1) is 10.2 Å². The fourth-order valence-electron chi connectivity index (χ4n) is 2.41. The molecule has 0 unspecified atom stereocenters. The van der Waals surface area contributed by atoms with E-state index < -0.39 is 5.82 Å². The van der Waals surface area contributed by atoms with Crippen molar-refractivity contribution < 1.29 is 4.39 Å². The van der Waals surface area contributed by atoms with E-state index in [0.717, 1.165) is 15.2 Å². The molecule has 0 fully saturated rings. The van der Waals surface area contributed by atoms with E-state index in [0.29, 0.717) is 15.8 Å². The maximum atomic E-state index is 14.2. The lowest BCUT2D eigenvalue weighted by molar-refractivity contribution is 0.551. The molecule has 25 heavy (non-hydrogen) atoms. The van der Waals surface area contributed by atoms with E-state index in [1.165, 1.54) is 34.1 Å². The summed E-state index contributed by atoms with van der Waals surface area (Å²) in [5.74, 6) is -0.101. The molecule has 0 bridgehead atoms. The number of rotatable bonds is 3. The van der Waals surface area contributed by atoms with Crippen LogP contribution in [0.1, 0.15) is 23.7 Å². The standard InChI is InChI=1S/C15H11BrClFN6S/c1-7-11(16)6-23(21-7)8(2)14-22-24-13(19-20-15(24)25-14)10-5-9(17)3-4-12(10)18/h3-6,8H,1-2H3/t8-/m0/s1. The van der Waals surface area contributed by atoms with Crippen LogP contribution >= 0.6 is 38.9 Å². The Morgan fingerprint density at radius 2 is 2.08 bits per heavy atom. The Balaban J connectivity index is 1.79. The van der Waals surface area contributed by atoms with Gasteiger partial charge in [0.25, 0.3) is 0 Å². The van der Waals surface area contributed by atoms with Gasteiger partial charge in [-0.2, -0.15) is 14.7 Å². The molecule has 4 rings (SSSR count). The monoisotopic (exact) mass is 440 g/mol. The third-order valence-corrected chi connectivity index (χ3v) is 5.87. The number of hydrogen-bond donors (Lipinski definition) is 0. The van der Waals surface area contributed by atoms with E-state index >= 15 is 0 Å². The van der Waals surface area contributed by atoms with Crippen LogP contribution in [0.15, 0.2) is 28.9 Å². The minimum atomic E-state index is -0.423. The van der Waals surface area contributed by atoms with Gasteiger partial charge in [0.05, 0.1) is 15.7 Å². The van der Waals surface area contributed by atoms with Gasteiger partial charge in [-0.05, 0) is 48.0 Å². The number of fused-ring (bicyclic) bond motifs is 1. The summed E-state index contributed by atoms with van der Waals surface area (Å²) in [7, 11) is 0. The molecule has 0 saturated carbocycles. The van der Waals surface area contributed by atoms with E-state index in [2.05, 4.69) is 36.3 Å². The van der Waals surface area contributed by atoms with Crippen molar-refractivity contribution in [2.75, 3.05) is 0 Å². The van der Waals surface area contributed by atoms with Crippen LogP contribution in [0.5, 0.6) is 0 Å². The number of halogens is 3. The Kier molecular flexibility index (Phi) is 4.09. The lowest BCUT2D eigenvalue weighted by Crippen LogP contribution is -2.08. The summed E-state index contributed by atoms with van der Waals surface area (Å²) >= 11 is 10.8. The van der Waals surface area contributed by atoms with Crippen molar-refractivity contribution in [1.82, 2.24) is 29.6 Å². The van der Waals surface area contributed by atoms with Gasteiger partial charge in [0.1, 0.15) is 16.9 Å². The first-order valence-electron chi connectivity index (χ1n) is 7.33. The number of aryl methyl sites for hydroxylation is 1. The van der Waals surface area contributed by atoms with Crippen LogP contribution in [0.25, 0.3) is 16.3 Å². The van der Waals surface area contributed by atoms with Crippen LogP contribution in [0.3, 0.4) is 0 Å². The number of hydrogen-bond acceptors (Lipinski definition) is 5. The molecule has 3 heterocycles. The van der Waals surface area contributed by atoms with E-state index in [1.54, 1.807) is 0 Å². The smallest absolute Gasteiger partial charge is 0.235 e. The predicted octanol–water partition coefficient (Wildman–Crippen LogP) is 4.52. The first-order chi connectivity index (χ1) is 11.9. The second-order valence-corrected chi connectivity index (χ2v) is 7.78. The lowest BCUT2D eigenvalue weighted by atomic mass is 10.2. The number of aromatic nitrogens is 6. The summed E-state index contributed by atoms with van der Waals surface area (Å²) in [6.45, 7) is 3.91. The summed E-state index contributed by atoms with van der Waals surface area (Å²) in [6.07, 6.45) is 1.90. The molecule has 1 atom stereocenters. The largest absolute Gasteiger partial charge is 0.262 e. The number of benzene rings is 1. The Labute approximate surface area is 159 Å². The normalized spacial score (nSPS) is 12.8. The van der Waals surface area contributed by atoms with E-state index in [4.69, 9.17) is 11.6 Å². The summed E-state index contributed by atoms with van der Waals surface area (Å²) in [6, 6.07) is 4.22. The van der Waals surface area contributed by atoms with Crippen molar-refractivity contribution in [3.63, 3.8) is 0 Å². The molecule has 0 spiro atoms. The minimum Gasteiger partial charge on any atom is -0.262 e. The zero-order valence-corrected chi connectivity index (χ0v) is 16.3. The molecule has 6 nitrogen and oxygen atoms in total. The van der Waals surface area contributed by atoms with Gasteiger partial charge in [0.2, 0.25) is 4.96 Å². The van der Waals surface area contributed by atoms with E-state index in [-0.39, 0.29) is 11.6 Å². The molecule has 0 N–H and O–H groups in total. The zero-order chi connectivity index (χ0) is 17.7. The molecule has 4 aromatic rings. The number of nitrogens with zero attached hydrogens (tertiary/aromatic N) is 6. The first kappa shape index (κ1) is 16.6. The van der Waals surface area contributed by atoms with Crippen LogP contribution in [-0.4, -0.2) is 29.6 Å². The highest BCUT2D eigenvalue weighted by atomic mass is 79.9. The Hall–Kier alpha value is -1.84. The third-order valence-electron chi connectivity index (χ3n) is 3.79. The topological polar surface area (TPSA) is 60.9 Å². The molecule has 0 amide bonds. The summed E-state index contributed by atoms with van der Waals surface area (Å²) in [5.41, 5.74) is 1.17. The molecule has 0 aliphatic rings. The van der Waals surface area contributed by atoms with Gasteiger partial charge in [0.15, 0.2) is 5.82 Å². The maximum Gasteiger partial charge on any atom is 0.235 e. The highest BCUT2D eigenvalue weighted by Gasteiger charge is 2.21. The van der Waals surface area contributed by atoms with Crippen LogP contribution in [0.4, 0.5) is 4.39 Å². The summed E-state index contributed by atoms with van der Waals surface area (Å²) in [5, 5.41) is 18.4. The second-order valence-electron chi connectivity index (χ2n) is 5.50. The van der Waals surface area contributed by atoms with Crippen molar-refractivity contribution in [1.29, 1.82) is 0 Å². The van der Waals surface area contributed by atoms with Crippen molar-refractivity contribution >= 4 is 43.8 Å². The fraction of sp³-hybridized carbons (Fsp3) is 0.200. The summed E-state index contributed by atoms with van der Waals surface area (Å²) < 4.78 is 18.5. The molecular formula is C15H11BrClFN6S. The van der Waals surface area contributed by atoms with Crippen LogP contribution in [0.2, 0.25) is 5.02 Å². The molecule has 0 saturated heterocycles. The minimum absolute atomic E-state index is 0.0891. The van der Waals surface area contributed by atoms with Crippen molar-refractivity contribution in [2.24, 2.45) is 0 Å². The summed E-state index contributed by atoms with van der Waals surface area (Å²) in [4.78, 5) is 0.583. The Morgan fingerprint density at radius 3 is 2.80 bits per heavy atom. The van der Waals surface area contributed by atoms with Crippen LogP contribution in [0, 0.1) is 12.7 Å². The molecular weight excluding hydrogens is 431 g/mol. The average molecular weight is 442 g/mol. The van der Waals surface area contributed by atoms with Gasteiger partial charge in [-0.3, -0.25) is 4.68 Å². The SMILES string of the molecule is Cc1nn([C@@H](C)c2nn3c(-c4cc(Cl)ccc4F)nnc3s2)cc1Br. The van der Waals surface area contributed by atoms with Crippen LogP contribution < -0.4 is 0 Å². The van der Waals surface area contributed by atoms with Crippen molar-refractivity contribution in [3.8, 4) is 11.4 Å². The predicted molar refractivity (Wildman–Crippen MR) is 97.5 cm³/mol. The second kappa shape index (κ2) is 6.15. The third kappa shape index (κ3) is 2.86. The highest BCUT2D eigenvalue weighted by Crippen LogP contribution is 2.29. The fourth-order valence-corrected chi connectivity index (χ4v) is 3.75. The molecule has 0 aliphatic heterocycles. The van der Waals surface area contributed by atoms with Crippen LogP contribution in [-0.2, 0) is 0 Å². The van der Waals surface area contributed by atoms with Crippen molar-refractivity contribution in [2.45, 2.75) is 19.9 Å². The van der Waals surface area contributed by atoms with Gasteiger partial charge < -0.3 is 0 Å². The van der Waals surface area contributed by atoms with Gasteiger partial charge in [-0.1, -0.05) is 22.9 Å². The first-order valence-corrected chi connectivity index (χ1v) is 9.31. The van der Waals surface area contributed by atoms with Gasteiger partial charge in [-0.25, -0.2) is 4.39 Å². The Bertz CT molecular complexity index is 1070. The molecule has 128 valence electrons. The van der Waals surface area contributed by atoms with Gasteiger partial charge >= 0.3 is 0 Å². The van der Waals surface area contributed by atoms with Crippen molar-refractivity contribution in [3.05, 3.63) is 50.4 Å². The van der Waals surface area contributed by atoms with E-state index in [9.17, 15) is 4.39 Å². The maximum absolute atomic E-state index is 14.2. The highest BCUT2D eigenvalue weighted by molar-refractivity contribution is 9.10. The average Bonchev–Trinajstić information content (AvgIpc) is 3.24. The molecule has 10 heteroatoms. The molecule has 0 radical (unpaired) electrons. The lowest BCUT2D eigenvalue weighted by Gasteiger charge is -2.07. The molecule has 1 aromatic carbocycles. The molecule has 0 aliphatic carbocycles. The van der Waals surface area contributed by atoms with E-state index in [1.807, 2.05) is 24.7 Å². The van der Waals surface area contributed by atoms with Gasteiger partial charge in [0, 0.05) is 11.2 Å². The Morgan fingerprint density at radius 1 is 1.28 bits per heavy atom.